The van der Waals surface area contributed by atoms with Crippen molar-refractivity contribution in [1.29, 1.82) is 0 Å². The smallest absolute Gasteiger partial charge is 0.164 e. The second-order valence-electron chi connectivity index (χ2n) is 20.0. The Morgan fingerprint density at radius 1 is 0.198 bits per heavy atom. The van der Waals surface area contributed by atoms with E-state index >= 15 is 0 Å². The molecular weight excluding hydrogens is 997 g/mol. The maximum absolute atomic E-state index is 5.37. The van der Waals surface area contributed by atoms with Crippen LogP contribution in [-0.2, 0) is 0 Å². The van der Waals surface area contributed by atoms with Crippen molar-refractivity contribution in [1.82, 2.24) is 58.6 Å². The number of benzene rings is 9. The van der Waals surface area contributed by atoms with Crippen LogP contribution in [0, 0.1) is 0 Å². The third kappa shape index (κ3) is 7.72. The lowest BCUT2D eigenvalue weighted by molar-refractivity contribution is 1.07. The van der Waals surface area contributed by atoms with Gasteiger partial charge in [-0.1, -0.05) is 146 Å². The van der Waals surface area contributed by atoms with E-state index in [-0.39, 0.29) is 0 Å². The normalized spacial score (nSPS) is 11.7. The fourth-order valence-corrected chi connectivity index (χ4v) is 11.5. The summed E-state index contributed by atoms with van der Waals surface area (Å²) in [6.45, 7) is 0. The first-order valence-electron chi connectivity index (χ1n) is 26.7. The Bertz CT molecular complexity index is 4550. The third-order valence-electron chi connectivity index (χ3n) is 15.2. The molecule has 0 fully saturated rings. The van der Waals surface area contributed by atoms with E-state index in [0.29, 0.717) is 34.9 Å². The van der Waals surface area contributed by atoms with E-state index in [4.69, 9.17) is 44.9 Å². The van der Waals surface area contributed by atoms with Gasteiger partial charge in [-0.3, -0.25) is 0 Å². The summed E-state index contributed by atoms with van der Waals surface area (Å²) >= 11 is 0. The predicted molar refractivity (Wildman–Crippen MR) is 322 cm³/mol. The number of para-hydroxylation sites is 3. The number of hydrogen-bond donors (Lipinski definition) is 0. The predicted octanol–water partition coefficient (Wildman–Crippen LogP) is 15.5. The van der Waals surface area contributed by atoms with Crippen molar-refractivity contribution in [2.45, 2.75) is 0 Å². The molecule has 0 atom stereocenters. The second kappa shape index (κ2) is 18.7. The van der Waals surface area contributed by atoms with E-state index in [1.54, 1.807) is 0 Å². The van der Waals surface area contributed by atoms with Crippen LogP contribution in [0.5, 0.6) is 0 Å². The van der Waals surface area contributed by atoms with Crippen molar-refractivity contribution in [2.75, 3.05) is 0 Å². The van der Waals surface area contributed by atoms with Crippen molar-refractivity contribution in [3.05, 3.63) is 256 Å². The van der Waals surface area contributed by atoms with Gasteiger partial charge in [0.25, 0.3) is 0 Å². The zero-order chi connectivity index (χ0) is 53.4. The first-order valence-corrected chi connectivity index (χ1v) is 26.7. The highest BCUT2D eigenvalue weighted by Crippen LogP contribution is 2.39. The van der Waals surface area contributed by atoms with Gasteiger partial charge in [0.2, 0.25) is 0 Å². The molecule has 7 aromatic heterocycles. The van der Waals surface area contributed by atoms with E-state index in [2.05, 4.69) is 141 Å². The van der Waals surface area contributed by atoms with Crippen LogP contribution in [0.15, 0.2) is 256 Å². The fourth-order valence-electron chi connectivity index (χ4n) is 11.5. The lowest BCUT2D eigenvalue weighted by Gasteiger charge is -2.11. The van der Waals surface area contributed by atoms with Gasteiger partial charge in [0, 0.05) is 65.7 Å². The molecule has 0 saturated carbocycles. The third-order valence-corrected chi connectivity index (χ3v) is 15.2. The zero-order valence-corrected chi connectivity index (χ0v) is 43.1. The molecule has 0 bridgehead atoms. The molecular formula is C69H42N12. The van der Waals surface area contributed by atoms with E-state index in [1.165, 1.54) is 0 Å². The maximum atomic E-state index is 5.37. The fraction of sp³-hybridized carbons (Fsp3) is 0. The van der Waals surface area contributed by atoms with Gasteiger partial charge in [-0.15, -0.1) is 0 Å². The van der Waals surface area contributed by atoms with Crippen LogP contribution in [0.4, 0.5) is 0 Å². The van der Waals surface area contributed by atoms with Crippen molar-refractivity contribution in [3.63, 3.8) is 0 Å². The highest BCUT2D eigenvalue weighted by molar-refractivity contribution is 6.12. The molecule has 0 saturated heterocycles. The molecule has 12 nitrogen and oxygen atoms in total. The monoisotopic (exact) mass is 1040 g/mol. The molecule has 378 valence electrons. The summed E-state index contributed by atoms with van der Waals surface area (Å²) in [6.07, 6.45) is 11.4. The number of rotatable bonds is 9. The minimum Gasteiger partial charge on any atom is -0.306 e. The largest absolute Gasteiger partial charge is 0.306 e. The van der Waals surface area contributed by atoms with Gasteiger partial charge >= 0.3 is 0 Å². The van der Waals surface area contributed by atoms with Gasteiger partial charge < -0.3 is 13.7 Å². The maximum Gasteiger partial charge on any atom is 0.164 e. The molecule has 9 aromatic carbocycles. The summed E-state index contributed by atoms with van der Waals surface area (Å²) in [4.78, 5) is 45.0. The summed E-state index contributed by atoms with van der Waals surface area (Å²) in [5.74, 6) is 3.64. The molecule has 0 spiro atoms. The number of fused-ring (bicyclic) bond motifs is 9. The van der Waals surface area contributed by atoms with Crippen LogP contribution >= 0.6 is 0 Å². The van der Waals surface area contributed by atoms with E-state index in [9.17, 15) is 0 Å². The average molecular weight is 1040 g/mol. The highest BCUT2D eigenvalue weighted by Gasteiger charge is 2.21. The molecule has 0 aliphatic rings. The van der Waals surface area contributed by atoms with Crippen LogP contribution in [0.2, 0.25) is 0 Å². The van der Waals surface area contributed by atoms with E-state index in [1.807, 2.05) is 128 Å². The first kappa shape index (κ1) is 45.8. The quantitative estimate of drug-likeness (QED) is 0.139. The SMILES string of the molecule is c1ccc(-c2ncc(-n3c4ccccc4c4cc(-c5nc(-c6ccc7c(c6)c6ccccc6n7-c6cnc(-c7ccccc7)nc6)nc(-c6ccc7c(c6)c6ccccc6n7-c6cnc(-c7ccccc7)nc6)n5)ccc43)cn2)cc1. The van der Waals surface area contributed by atoms with Crippen LogP contribution in [0.3, 0.4) is 0 Å². The Kier molecular flexibility index (Phi) is 10.6. The summed E-state index contributed by atoms with van der Waals surface area (Å²) in [6, 6.07) is 74.8. The van der Waals surface area contributed by atoms with Crippen LogP contribution in [0.25, 0.3) is 151 Å². The Balaban J connectivity index is 0.859. The lowest BCUT2D eigenvalue weighted by atomic mass is 10.1. The Hall–Kier alpha value is -11.4. The zero-order valence-electron chi connectivity index (χ0n) is 43.1. The Morgan fingerprint density at radius 2 is 0.444 bits per heavy atom. The molecule has 0 radical (unpaired) electrons. The highest BCUT2D eigenvalue weighted by atomic mass is 15.1. The second-order valence-corrected chi connectivity index (χ2v) is 20.0. The molecule has 0 aliphatic carbocycles. The van der Waals surface area contributed by atoms with Crippen LogP contribution in [-0.4, -0.2) is 58.6 Å². The summed E-state index contributed by atoms with van der Waals surface area (Å²) in [5, 5.41) is 6.39. The molecule has 0 amide bonds. The molecule has 0 unspecified atom stereocenters. The molecule has 0 N–H and O–H groups in total. The topological polar surface area (TPSA) is 131 Å². The van der Waals surface area contributed by atoms with Crippen molar-refractivity contribution >= 4 is 65.4 Å². The summed E-state index contributed by atoms with van der Waals surface area (Å²) < 4.78 is 6.66. The molecule has 16 aromatic rings. The van der Waals surface area contributed by atoms with Crippen LogP contribution in [0.1, 0.15) is 0 Å². The minimum atomic E-state index is 0.542. The average Bonchev–Trinajstić information content (AvgIpc) is 4.38. The van der Waals surface area contributed by atoms with Crippen LogP contribution < -0.4 is 0 Å². The van der Waals surface area contributed by atoms with Gasteiger partial charge in [-0.25, -0.2) is 44.9 Å². The molecule has 12 heteroatoms. The lowest BCUT2D eigenvalue weighted by Crippen LogP contribution is -2.01. The molecule has 7 heterocycles. The van der Waals surface area contributed by atoms with Gasteiger partial charge in [0.15, 0.2) is 34.9 Å². The van der Waals surface area contributed by atoms with Crippen molar-refractivity contribution in [2.24, 2.45) is 0 Å². The standard InChI is InChI=1S/C69H42N12/c1-4-16-43(17-5-1)64-70-37-49(38-71-64)79-58-25-13-10-22-52(58)55-34-46(28-31-61(55)79)67-76-68(47-29-32-62-56(35-47)53-23-11-14-26-59(53)80(62)50-39-72-65(73-40-50)44-18-6-2-7-19-44)78-69(77-67)48-30-33-63-57(36-48)54-24-12-15-27-60(54)81(63)51-41-74-66(75-42-51)45-20-8-3-9-21-45/h1-42H. The van der Waals surface area contributed by atoms with Gasteiger partial charge in [-0.05, 0) is 72.8 Å². The van der Waals surface area contributed by atoms with Gasteiger partial charge in [-0.2, -0.15) is 0 Å². The summed E-state index contributed by atoms with van der Waals surface area (Å²) in [7, 11) is 0. The molecule has 0 aliphatic heterocycles. The first-order chi connectivity index (χ1) is 40.1. The Morgan fingerprint density at radius 3 is 0.728 bits per heavy atom. The van der Waals surface area contributed by atoms with Gasteiger partial charge in [0.1, 0.15) is 0 Å². The number of nitrogens with zero attached hydrogens (tertiary/aromatic N) is 12. The minimum absolute atomic E-state index is 0.542. The van der Waals surface area contributed by atoms with Crippen molar-refractivity contribution in [3.8, 4) is 85.4 Å². The number of aromatic nitrogens is 12. The molecule has 81 heavy (non-hydrogen) atoms. The molecule has 16 rings (SSSR count). The number of hydrogen-bond acceptors (Lipinski definition) is 9. The Labute approximate surface area is 462 Å². The van der Waals surface area contributed by atoms with Crippen molar-refractivity contribution < 1.29 is 0 Å². The van der Waals surface area contributed by atoms with E-state index < -0.39 is 0 Å². The van der Waals surface area contributed by atoms with Gasteiger partial charge in [0.05, 0.1) is 87.3 Å². The van der Waals surface area contributed by atoms with E-state index in [0.717, 1.165) is 116 Å². The summed E-state index contributed by atoms with van der Waals surface area (Å²) in [5.41, 5.74) is 14.2.